The van der Waals surface area contributed by atoms with E-state index in [4.69, 9.17) is 10.5 Å². The first-order chi connectivity index (χ1) is 9.93. The lowest BCUT2D eigenvalue weighted by atomic mass is 10.2. The minimum atomic E-state index is -4.58. The van der Waals surface area contributed by atoms with Crippen LogP contribution in [-0.4, -0.2) is 14.2 Å². The van der Waals surface area contributed by atoms with Crippen LogP contribution >= 0.6 is 0 Å². The van der Waals surface area contributed by atoms with Crippen LogP contribution in [0.25, 0.3) is 0 Å². The number of benzene rings is 2. The largest absolute Gasteiger partial charge is 0.457 e. The summed E-state index contributed by atoms with van der Waals surface area (Å²) in [5.41, 5.74) is 6.39. The van der Waals surface area contributed by atoms with E-state index in [9.17, 15) is 17.2 Å². The molecule has 7 heteroatoms. The molecule has 0 radical (unpaired) electrons. The van der Waals surface area contributed by atoms with Crippen molar-refractivity contribution in [2.75, 3.05) is 0 Å². The maximum atomic E-state index is 12.4. The third-order valence-electron chi connectivity index (χ3n) is 2.76. The molecule has 0 atom stereocenters. The lowest BCUT2D eigenvalue weighted by Gasteiger charge is -2.08. The Hall–Kier alpha value is -1.99. The van der Waals surface area contributed by atoms with Gasteiger partial charge in [-0.15, -0.1) is 0 Å². The Balaban J connectivity index is 2.20. The first-order valence-corrected chi connectivity index (χ1v) is 7.57. The van der Waals surface area contributed by atoms with E-state index in [1.807, 2.05) is 6.07 Å². The fourth-order valence-electron chi connectivity index (χ4n) is 1.67. The maximum Gasteiger partial charge on any atom is 0.341 e. The van der Waals surface area contributed by atoms with E-state index in [1.165, 1.54) is 12.1 Å². The van der Waals surface area contributed by atoms with Crippen molar-refractivity contribution in [2.45, 2.75) is 17.2 Å². The smallest absolute Gasteiger partial charge is 0.341 e. The average Bonchev–Trinajstić information content (AvgIpc) is 2.48. The number of ether oxygens (including phenoxy) is 1. The van der Waals surface area contributed by atoms with Gasteiger partial charge in [0.05, 0.1) is 4.90 Å². The van der Waals surface area contributed by atoms with Crippen LogP contribution in [0.5, 0.6) is 11.5 Å². The zero-order valence-electron chi connectivity index (χ0n) is 10.9. The Morgan fingerprint density at radius 2 is 1.71 bits per heavy atom. The van der Waals surface area contributed by atoms with Crippen molar-refractivity contribution in [2.24, 2.45) is 5.73 Å². The van der Waals surface area contributed by atoms with Gasteiger partial charge in [0.2, 0.25) is 9.84 Å². The highest BCUT2D eigenvalue weighted by Crippen LogP contribution is 2.25. The molecule has 0 aliphatic rings. The van der Waals surface area contributed by atoms with Gasteiger partial charge in [0.15, 0.2) is 0 Å². The second-order valence-corrected chi connectivity index (χ2v) is 6.15. The lowest BCUT2D eigenvalue weighted by molar-refractivity contribution is 0.234. The van der Waals surface area contributed by atoms with Crippen molar-refractivity contribution in [3.63, 3.8) is 0 Å². The molecule has 0 heterocycles. The molecule has 0 fully saturated rings. The summed E-state index contributed by atoms with van der Waals surface area (Å²) in [6.07, 6.45) is 0. The Morgan fingerprint density at radius 3 is 2.29 bits per heavy atom. The standard InChI is InChI=1S/C14H13F2NO3S/c15-14(16)21(18,19)13-6-4-11(5-7-13)20-12-3-1-2-10(8-12)9-17/h1-8,14H,9,17H2. The number of hydrogen-bond donors (Lipinski definition) is 1. The summed E-state index contributed by atoms with van der Waals surface area (Å²) < 4.78 is 52.9. The van der Waals surface area contributed by atoms with Gasteiger partial charge in [0.25, 0.3) is 0 Å². The van der Waals surface area contributed by atoms with Crippen molar-refractivity contribution in [3.05, 3.63) is 54.1 Å². The van der Waals surface area contributed by atoms with Gasteiger partial charge in [0.1, 0.15) is 11.5 Å². The van der Waals surface area contributed by atoms with Crippen LogP contribution in [0.1, 0.15) is 5.56 Å². The van der Waals surface area contributed by atoms with Crippen LogP contribution in [-0.2, 0) is 16.4 Å². The van der Waals surface area contributed by atoms with Crippen LogP contribution in [0.4, 0.5) is 8.78 Å². The van der Waals surface area contributed by atoms with E-state index in [2.05, 4.69) is 0 Å². The molecule has 0 unspecified atom stereocenters. The summed E-state index contributed by atoms with van der Waals surface area (Å²) >= 11 is 0. The van der Waals surface area contributed by atoms with Crippen molar-refractivity contribution in [1.82, 2.24) is 0 Å². The second kappa shape index (κ2) is 6.19. The summed E-state index contributed by atoms with van der Waals surface area (Å²) in [5.74, 6) is -2.56. The molecule has 0 spiro atoms. The summed E-state index contributed by atoms with van der Waals surface area (Å²) in [6, 6.07) is 11.9. The summed E-state index contributed by atoms with van der Waals surface area (Å²) in [4.78, 5) is -0.444. The molecule has 2 aromatic rings. The molecule has 0 bridgehead atoms. The van der Waals surface area contributed by atoms with Gasteiger partial charge < -0.3 is 10.5 Å². The second-order valence-electron chi connectivity index (χ2n) is 4.23. The molecule has 112 valence electrons. The Labute approximate surface area is 121 Å². The number of sulfone groups is 1. The SMILES string of the molecule is NCc1cccc(Oc2ccc(S(=O)(=O)C(F)F)cc2)c1. The van der Waals surface area contributed by atoms with Crippen LogP contribution in [0.15, 0.2) is 53.4 Å². The predicted octanol–water partition coefficient (Wildman–Crippen LogP) is 2.93. The number of nitrogens with two attached hydrogens (primary N) is 1. The number of halogens is 2. The molecule has 2 rings (SSSR count). The molecule has 4 nitrogen and oxygen atoms in total. The normalized spacial score (nSPS) is 11.6. The molecular weight excluding hydrogens is 300 g/mol. The highest BCUT2D eigenvalue weighted by atomic mass is 32.2. The van der Waals surface area contributed by atoms with Crippen LogP contribution < -0.4 is 10.5 Å². The van der Waals surface area contributed by atoms with Crippen LogP contribution in [0.2, 0.25) is 0 Å². The average molecular weight is 313 g/mol. The monoisotopic (exact) mass is 313 g/mol. The highest BCUT2D eigenvalue weighted by Gasteiger charge is 2.26. The molecule has 0 saturated heterocycles. The zero-order valence-corrected chi connectivity index (χ0v) is 11.7. The predicted molar refractivity (Wildman–Crippen MR) is 74.0 cm³/mol. The zero-order chi connectivity index (χ0) is 15.5. The third kappa shape index (κ3) is 3.56. The number of hydrogen-bond acceptors (Lipinski definition) is 4. The van der Waals surface area contributed by atoms with E-state index in [0.29, 0.717) is 18.0 Å². The Kier molecular flexibility index (Phi) is 4.54. The topological polar surface area (TPSA) is 69.4 Å². The van der Waals surface area contributed by atoms with Crippen molar-refractivity contribution in [1.29, 1.82) is 0 Å². The van der Waals surface area contributed by atoms with Crippen LogP contribution in [0, 0.1) is 0 Å². The van der Waals surface area contributed by atoms with E-state index >= 15 is 0 Å². The molecule has 0 aliphatic carbocycles. The Bertz CT molecular complexity index is 715. The molecule has 0 aliphatic heterocycles. The molecule has 0 aromatic heterocycles. The third-order valence-corrected chi connectivity index (χ3v) is 4.16. The first-order valence-electron chi connectivity index (χ1n) is 6.02. The summed E-state index contributed by atoms with van der Waals surface area (Å²) in [7, 11) is -4.58. The van der Waals surface area contributed by atoms with Gasteiger partial charge in [-0.25, -0.2) is 8.42 Å². The van der Waals surface area contributed by atoms with Crippen molar-refractivity contribution < 1.29 is 21.9 Å². The lowest BCUT2D eigenvalue weighted by Crippen LogP contribution is -2.11. The number of alkyl halides is 2. The fraction of sp³-hybridized carbons (Fsp3) is 0.143. The van der Waals surface area contributed by atoms with Gasteiger partial charge >= 0.3 is 5.76 Å². The minimum Gasteiger partial charge on any atom is -0.457 e. The molecule has 2 aromatic carbocycles. The molecule has 0 amide bonds. The van der Waals surface area contributed by atoms with Crippen molar-refractivity contribution in [3.8, 4) is 11.5 Å². The van der Waals surface area contributed by atoms with E-state index < -0.39 is 20.5 Å². The highest BCUT2D eigenvalue weighted by molar-refractivity contribution is 7.91. The Morgan fingerprint density at radius 1 is 1.05 bits per heavy atom. The van der Waals surface area contributed by atoms with E-state index in [-0.39, 0.29) is 0 Å². The maximum absolute atomic E-state index is 12.4. The summed E-state index contributed by atoms with van der Waals surface area (Å²) in [6.45, 7) is 0.364. The van der Waals surface area contributed by atoms with Gasteiger partial charge in [-0.2, -0.15) is 8.78 Å². The van der Waals surface area contributed by atoms with Gasteiger partial charge in [-0.05, 0) is 42.0 Å². The van der Waals surface area contributed by atoms with Crippen LogP contribution in [0.3, 0.4) is 0 Å². The first kappa shape index (κ1) is 15.4. The van der Waals surface area contributed by atoms with Crippen molar-refractivity contribution >= 4 is 9.84 Å². The molecule has 0 saturated carbocycles. The molecular formula is C14H13F2NO3S. The van der Waals surface area contributed by atoms with Gasteiger partial charge in [-0.1, -0.05) is 12.1 Å². The number of rotatable bonds is 5. The van der Waals surface area contributed by atoms with Gasteiger partial charge in [0, 0.05) is 6.54 Å². The molecule has 21 heavy (non-hydrogen) atoms. The van der Waals surface area contributed by atoms with Gasteiger partial charge in [-0.3, -0.25) is 0 Å². The van der Waals surface area contributed by atoms with E-state index in [0.717, 1.165) is 17.7 Å². The summed E-state index contributed by atoms with van der Waals surface area (Å²) in [5, 5.41) is 0. The quantitative estimate of drug-likeness (QED) is 0.921. The van der Waals surface area contributed by atoms with E-state index in [1.54, 1.807) is 18.2 Å². The minimum absolute atomic E-state index is 0.345. The fourth-order valence-corrected chi connectivity index (χ4v) is 2.39. The molecule has 2 N–H and O–H groups in total.